The summed E-state index contributed by atoms with van der Waals surface area (Å²) >= 11 is 0. The fraction of sp³-hybridized carbons (Fsp3) is 0.500. The van der Waals surface area contributed by atoms with Gasteiger partial charge in [0, 0.05) is 6.42 Å². The number of aryl methyl sites for hydroxylation is 1. The van der Waals surface area contributed by atoms with Crippen LogP contribution in [0.1, 0.15) is 12.0 Å². The van der Waals surface area contributed by atoms with Gasteiger partial charge < -0.3 is 15.2 Å². The molecule has 1 rings (SSSR count). The highest BCUT2D eigenvalue weighted by Gasteiger charge is 2.27. The summed E-state index contributed by atoms with van der Waals surface area (Å²) in [4.78, 5) is 0. The second kappa shape index (κ2) is 6.49. The molecular weight excluding hydrogens is 247 g/mol. The Labute approximate surface area is 104 Å². The summed E-state index contributed by atoms with van der Waals surface area (Å²) in [5, 5.41) is 0. The van der Waals surface area contributed by atoms with Crippen LogP contribution in [-0.4, -0.2) is 26.0 Å². The number of halogens is 3. The van der Waals surface area contributed by atoms with E-state index >= 15 is 0 Å². The Morgan fingerprint density at radius 2 is 1.94 bits per heavy atom. The van der Waals surface area contributed by atoms with Crippen molar-refractivity contribution >= 4 is 5.69 Å². The zero-order valence-electron chi connectivity index (χ0n) is 10.1. The van der Waals surface area contributed by atoms with Crippen molar-refractivity contribution in [2.24, 2.45) is 0 Å². The number of ether oxygens (including phenoxy) is 2. The Bertz CT molecular complexity index is 360. The molecule has 0 fully saturated rings. The first-order chi connectivity index (χ1) is 8.40. The van der Waals surface area contributed by atoms with Crippen LogP contribution >= 0.6 is 0 Å². The molecule has 1 aromatic carbocycles. The number of hydrogen-bond donors (Lipinski definition) is 1. The quantitative estimate of drug-likeness (QED) is 0.634. The van der Waals surface area contributed by atoms with E-state index in [1.54, 1.807) is 6.07 Å². The molecule has 0 amide bonds. The highest BCUT2D eigenvalue weighted by Crippen LogP contribution is 2.25. The number of anilines is 1. The molecule has 102 valence electrons. The summed E-state index contributed by atoms with van der Waals surface area (Å²) in [5.74, 6) is 0.577. The number of nitrogens with two attached hydrogens (primary N) is 1. The van der Waals surface area contributed by atoms with Crippen molar-refractivity contribution in [2.75, 3.05) is 25.6 Å². The lowest BCUT2D eigenvalue weighted by Gasteiger charge is -2.12. The predicted molar refractivity (Wildman–Crippen MR) is 62.6 cm³/mol. The highest BCUT2D eigenvalue weighted by atomic mass is 19.4. The van der Waals surface area contributed by atoms with Crippen molar-refractivity contribution in [1.29, 1.82) is 0 Å². The number of nitrogen functional groups attached to an aromatic ring is 1. The molecule has 0 aromatic heterocycles. The number of alkyl halides is 3. The average Bonchev–Trinajstić information content (AvgIpc) is 2.25. The standard InChI is InChI=1S/C12H16F3NO2/c1-9-4-2-5-10(16)11(9)18-7-3-6-17-8-12(13,14)15/h2,4-5H,3,6-8,16H2,1H3. The van der Waals surface area contributed by atoms with Crippen LogP contribution in [0.5, 0.6) is 5.75 Å². The van der Waals surface area contributed by atoms with E-state index in [1.165, 1.54) is 0 Å². The van der Waals surface area contributed by atoms with Crippen molar-refractivity contribution in [3.63, 3.8) is 0 Å². The Balaban J connectivity index is 2.22. The first-order valence-electron chi connectivity index (χ1n) is 5.52. The molecule has 0 unspecified atom stereocenters. The van der Waals surface area contributed by atoms with Gasteiger partial charge in [-0.15, -0.1) is 0 Å². The minimum absolute atomic E-state index is 0.00525. The van der Waals surface area contributed by atoms with Gasteiger partial charge in [0.1, 0.15) is 12.4 Å². The lowest BCUT2D eigenvalue weighted by molar-refractivity contribution is -0.174. The molecule has 0 aliphatic rings. The Morgan fingerprint density at radius 3 is 2.56 bits per heavy atom. The molecule has 0 saturated carbocycles. The Hall–Kier alpha value is -1.43. The highest BCUT2D eigenvalue weighted by molar-refractivity contribution is 5.56. The molecule has 0 bridgehead atoms. The molecule has 3 nitrogen and oxygen atoms in total. The van der Waals surface area contributed by atoms with Crippen molar-refractivity contribution in [3.05, 3.63) is 23.8 Å². The van der Waals surface area contributed by atoms with Crippen LogP contribution in [0.25, 0.3) is 0 Å². The molecule has 0 aliphatic carbocycles. The molecule has 6 heteroatoms. The van der Waals surface area contributed by atoms with Gasteiger partial charge in [0.05, 0.1) is 18.9 Å². The topological polar surface area (TPSA) is 44.5 Å². The zero-order chi connectivity index (χ0) is 13.6. The molecule has 0 radical (unpaired) electrons. The second-order valence-corrected chi connectivity index (χ2v) is 3.86. The molecular formula is C12H16F3NO2. The second-order valence-electron chi connectivity index (χ2n) is 3.86. The summed E-state index contributed by atoms with van der Waals surface area (Å²) < 4.78 is 45.2. The fourth-order valence-electron chi connectivity index (χ4n) is 1.40. The molecule has 0 saturated heterocycles. The third-order valence-electron chi connectivity index (χ3n) is 2.19. The maximum absolute atomic E-state index is 11.8. The smallest absolute Gasteiger partial charge is 0.411 e. The van der Waals surface area contributed by atoms with E-state index in [9.17, 15) is 13.2 Å². The maximum Gasteiger partial charge on any atom is 0.411 e. The third-order valence-corrected chi connectivity index (χ3v) is 2.19. The molecule has 0 atom stereocenters. The molecule has 0 heterocycles. The molecule has 2 N–H and O–H groups in total. The molecule has 1 aromatic rings. The van der Waals surface area contributed by atoms with Crippen LogP contribution in [0, 0.1) is 6.92 Å². The minimum atomic E-state index is -4.28. The molecule has 0 spiro atoms. The van der Waals surface area contributed by atoms with Gasteiger partial charge in [-0.1, -0.05) is 12.1 Å². The summed E-state index contributed by atoms with van der Waals surface area (Å²) in [5.41, 5.74) is 7.13. The van der Waals surface area contributed by atoms with Crippen LogP contribution in [0.4, 0.5) is 18.9 Å². The van der Waals surface area contributed by atoms with Gasteiger partial charge in [-0.2, -0.15) is 13.2 Å². The van der Waals surface area contributed by atoms with E-state index in [1.807, 2.05) is 19.1 Å². The van der Waals surface area contributed by atoms with E-state index in [0.717, 1.165) is 5.56 Å². The summed E-state index contributed by atoms with van der Waals surface area (Å²) in [6.45, 7) is 0.906. The SMILES string of the molecule is Cc1cccc(N)c1OCCCOCC(F)(F)F. The van der Waals surface area contributed by atoms with Crippen molar-refractivity contribution < 1.29 is 22.6 Å². The largest absolute Gasteiger partial charge is 0.491 e. The number of benzene rings is 1. The van der Waals surface area contributed by atoms with Crippen molar-refractivity contribution in [2.45, 2.75) is 19.5 Å². The lowest BCUT2D eigenvalue weighted by atomic mass is 10.2. The van der Waals surface area contributed by atoms with E-state index in [-0.39, 0.29) is 13.2 Å². The van der Waals surface area contributed by atoms with Gasteiger partial charge in [-0.25, -0.2) is 0 Å². The Morgan fingerprint density at radius 1 is 1.22 bits per heavy atom. The van der Waals surface area contributed by atoms with Crippen LogP contribution in [0.3, 0.4) is 0 Å². The van der Waals surface area contributed by atoms with Crippen LogP contribution in [0.2, 0.25) is 0 Å². The van der Waals surface area contributed by atoms with E-state index in [4.69, 9.17) is 10.5 Å². The van der Waals surface area contributed by atoms with E-state index in [2.05, 4.69) is 4.74 Å². The van der Waals surface area contributed by atoms with Crippen molar-refractivity contribution in [1.82, 2.24) is 0 Å². The van der Waals surface area contributed by atoms with Gasteiger partial charge in [-0.05, 0) is 18.6 Å². The van der Waals surface area contributed by atoms with Gasteiger partial charge in [-0.3, -0.25) is 0 Å². The molecule has 18 heavy (non-hydrogen) atoms. The van der Waals surface area contributed by atoms with E-state index < -0.39 is 12.8 Å². The van der Waals surface area contributed by atoms with Crippen LogP contribution in [-0.2, 0) is 4.74 Å². The Kier molecular flexibility index (Phi) is 5.27. The normalized spacial score (nSPS) is 11.6. The van der Waals surface area contributed by atoms with Crippen molar-refractivity contribution in [3.8, 4) is 5.75 Å². The summed E-state index contributed by atoms with van der Waals surface area (Å²) in [6, 6.07) is 5.37. The van der Waals surface area contributed by atoms with Gasteiger partial charge >= 0.3 is 6.18 Å². The maximum atomic E-state index is 11.8. The van der Waals surface area contributed by atoms with Crippen LogP contribution < -0.4 is 10.5 Å². The number of hydrogen-bond acceptors (Lipinski definition) is 3. The summed E-state index contributed by atoms with van der Waals surface area (Å²) in [6.07, 6.45) is -3.90. The van der Waals surface area contributed by atoms with Gasteiger partial charge in [0.25, 0.3) is 0 Å². The lowest BCUT2D eigenvalue weighted by Crippen LogP contribution is -2.18. The average molecular weight is 263 g/mol. The summed E-state index contributed by atoms with van der Waals surface area (Å²) in [7, 11) is 0. The number of para-hydroxylation sites is 1. The monoisotopic (exact) mass is 263 g/mol. The predicted octanol–water partition coefficient (Wildman–Crippen LogP) is 2.93. The molecule has 0 aliphatic heterocycles. The minimum Gasteiger partial charge on any atom is -0.491 e. The van der Waals surface area contributed by atoms with Gasteiger partial charge in [0.2, 0.25) is 0 Å². The van der Waals surface area contributed by atoms with Crippen LogP contribution in [0.15, 0.2) is 18.2 Å². The van der Waals surface area contributed by atoms with Gasteiger partial charge in [0.15, 0.2) is 0 Å². The first-order valence-corrected chi connectivity index (χ1v) is 5.52. The third kappa shape index (κ3) is 5.27. The number of rotatable bonds is 6. The zero-order valence-corrected chi connectivity index (χ0v) is 10.1. The van der Waals surface area contributed by atoms with E-state index in [0.29, 0.717) is 17.9 Å². The first kappa shape index (κ1) is 14.6. The fourth-order valence-corrected chi connectivity index (χ4v) is 1.40.